The number of nitrogens with zero attached hydrogens (tertiary/aromatic N) is 1. The van der Waals surface area contributed by atoms with E-state index in [1.165, 1.54) is 35.2 Å². The molecule has 1 heterocycles. The van der Waals surface area contributed by atoms with Crippen molar-refractivity contribution >= 4 is 55.4 Å². The average molecular weight is 526 g/mol. The highest BCUT2D eigenvalue weighted by atomic mass is 32.2. The number of carbonyl (C=O) groups is 2. The Balaban J connectivity index is 1.51. The Labute approximate surface area is 209 Å². The Hall–Kier alpha value is -4.38. The molecule has 7 nitrogen and oxygen atoms in total. The van der Waals surface area contributed by atoms with Gasteiger partial charge in [-0.25, -0.2) is 8.42 Å². The maximum atomic E-state index is 13.3. The summed E-state index contributed by atoms with van der Waals surface area (Å²) in [6, 6.07) is 20.3. The quantitative estimate of drug-likeness (QED) is 0.336. The first-order valence-electron chi connectivity index (χ1n) is 11.0. The highest BCUT2D eigenvalue weighted by molar-refractivity contribution is 7.92. The van der Waals surface area contributed by atoms with E-state index in [0.717, 1.165) is 22.9 Å². The Morgan fingerprint density at radius 3 is 2.24 bits per heavy atom. The number of amides is 2. The largest absolute Gasteiger partial charge is 0.417 e. The van der Waals surface area contributed by atoms with Gasteiger partial charge in [-0.2, -0.15) is 13.2 Å². The van der Waals surface area contributed by atoms with E-state index in [9.17, 15) is 31.2 Å². The Bertz CT molecular complexity index is 1650. The normalized spacial score (nSPS) is 14.2. The summed E-state index contributed by atoms with van der Waals surface area (Å²) in [4.78, 5) is 25.8. The molecule has 0 spiro atoms. The SMILES string of the molecule is O=C1CC(=O)N(c2ccc(NS(=O)(=O)c3ccccc3C(F)(F)F)cc2)c2ccc3ccccc3c2N1. The molecule has 0 radical (unpaired) electrons. The average Bonchev–Trinajstić information content (AvgIpc) is 2.98. The lowest BCUT2D eigenvalue weighted by atomic mass is 10.1. The number of halogens is 3. The van der Waals surface area contributed by atoms with Gasteiger partial charge < -0.3 is 5.32 Å². The number of alkyl halides is 3. The fourth-order valence-electron chi connectivity index (χ4n) is 4.22. The van der Waals surface area contributed by atoms with Gasteiger partial charge in [-0.3, -0.25) is 19.2 Å². The van der Waals surface area contributed by atoms with Crippen LogP contribution in [-0.4, -0.2) is 20.2 Å². The second-order valence-electron chi connectivity index (χ2n) is 8.28. The molecule has 4 aromatic carbocycles. The van der Waals surface area contributed by atoms with Crippen molar-refractivity contribution in [3.05, 3.63) is 90.5 Å². The molecule has 4 aromatic rings. The molecule has 5 rings (SSSR count). The predicted octanol–water partition coefficient (Wildman–Crippen LogP) is 5.67. The molecule has 188 valence electrons. The number of sulfonamides is 1. The first kappa shape index (κ1) is 24.3. The van der Waals surface area contributed by atoms with Crippen molar-refractivity contribution in [1.29, 1.82) is 0 Å². The molecule has 0 fully saturated rings. The summed E-state index contributed by atoms with van der Waals surface area (Å²) in [5.74, 6) is -0.975. The second kappa shape index (κ2) is 8.93. The van der Waals surface area contributed by atoms with E-state index < -0.39 is 44.9 Å². The molecular weight excluding hydrogens is 507 g/mol. The van der Waals surface area contributed by atoms with E-state index in [4.69, 9.17) is 0 Å². The van der Waals surface area contributed by atoms with E-state index in [1.807, 2.05) is 30.3 Å². The fourth-order valence-corrected chi connectivity index (χ4v) is 5.51. The molecule has 0 unspecified atom stereocenters. The number of nitrogens with one attached hydrogen (secondary N) is 2. The van der Waals surface area contributed by atoms with Gasteiger partial charge in [0, 0.05) is 16.8 Å². The summed E-state index contributed by atoms with van der Waals surface area (Å²) in [5, 5.41) is 4.39. The first-order valence-corrected chi connectivity index (χ1v) is 12.5. The summed E-state index contributed by atoms with van der Waals surface area (Å²) < 4.78 is 67.7. The van der Waals surface area contributed by atoms with Gasteiger partial charge in [0.1, 0.15) is 6.42 Å². The first-order chi connectivity index (χ1) is 17.5. The van der Waals surface area contributed by atoms with Crippen LogP contribution in [0.5, 0.6) is 0 Å². The molecule has 0 aromatic heterocycles. The Kier molecular flexibility index (Phi) is 5.87. The van der Waals surface area contributed by atoms with Crippen molar-refractivity contribution in [2.24, 2.45) is 0 Å². The number of hydrogen-bond donors (Lipinski definition) is 2. The third kappa shape index (κ3) is 4.60. The summed E-state index contributed by atoms with van der Waals surface area (Å²) in [6.45, 7) is 0. The lowest BCUT2D eigenvalue weighted by Gasteiger charge is -2.23. The highest BCUT2D eigenvalue weighted by Crippen LogP contribution is 2.40. The van der Waals surface area contributed by atoms with Gasteiger partial charge in [0.25, 0.3) is 10.0 Å². The zero-order chi connectivity index (χ0) is 26.4. The number of carbonyl (C=O) groups excluding carboxylic acids is 2. The van der Waals surface area contributed by atoms with Gasteiger partial charge in [0.2, 0.25) is 11.8 Å². The van der Waals surface area contributed by atoms with E-state index in [0.29, 0.717) is 23.1 Å². The van der Waals surface area contributed by atoms with Gasteiger partial charge in [-0.1, -0.05) is 42.5 Å². The number of fused-ring (bicyclic) bond motifs is 3. The monoisotopic (exact) mass is 525 g/mol. The molecule has 0 saturated carbocycles. The van der Waals surface area contributed by atoms with Crippen molar-refractivity contribution in [2.45, 2.75) is 17.5 Å². The zero-order valence-corrected chi connectivity index (χ0v) is 19.7. The van der Waals surface area contributed by atoms with Crippen molar-refractivity contribution in [3.63, 3.8) is 0 Å². The minimum absolute atomic E-state index is 0.00376. The third-order valence-corrected chi connectivity index (χ3v) is 7.27. The molecule has 1 aliphatic rings. The fraction of sp³-hybridized carbons (Fsp3) is 0.0769. The maximum absolute atomic E-state index is 13.3. The smallest absolute Gasteiger partial charge is 0.323 e. The lowest BCUT2D eigenvalue weighted by molar-refractivity contribution is -0.139. The highest BCUT2D eigenvalue weighted by Gasteiger charge is 2.37. The number of anilines is 4. The summed E-state index contributed by atoms with van der Waals surface area (Å²) in [7, 11) is -4.57. The molecular formula is C26H18F3N3O4S. The Morgan fingerprint density at radius 2 is 1.51 bits per heavy atom. The van der Waals surface area contributed by atoms with Gasteiger partial charge >= 0.3 is 6.18 Å². The van der Waals surface area contributed by atoms with E-state index in [2.05, 4.69) is 10.0 Å². The van der Waals surface area contributed by atoms with Crippen LogP contribution in [0.3, 0.4) is 0 Å². The third-order valence-electron chi connectivity index (χ3n) is 5.83. The molecule has 0 bridgehead atoms. The molecule has 0 saturated heterocycles. The van der Waals surface area contributed by atoms with Crippen LogP contribution in [0.15, 0.2) is 89.8 Å². The number of hydrogen-bond acceptors (Lipinski definition) is 4. The molecule has 2 N–H and O–H groups in total. The van der Waals surface area contributed by atoms with Crippen LogP contribution in [0.4, 0.5) is 35.9 Å². The summed E-state index contributed by atoms with van der Waals surface area (Å²) in [5.41, 5.74) is -0.0487. The van der Waals surface area contributed by atoms with Crippen molar-refractivity contribution in [2.75, 3.05) is 14.9 Å². The van der Waals surface area contributed by atoms with Crippen molar-refractivity contribution < 1.29 is 31.2 Å². The lowest BCUT2D eigenvalue weighted by Crippen LogP contribution is -2.26. The van der Waals surface area contributed by atoms with Crippen LogP contribution in [0.25, 0.3) is 10.8 Å². The summed E-state index contributed by atoms with van der Waals surface area (Å²) >= 11 is 0. The summed E-state index contributed by atoms with van der Waals surface area (Å²) in [6.07, 6.45) is -5.27. The van der Waals surface area contributed by atoms with Crippen LogP contribution in [0.2, 0.25) is 0 Å². The number of rotatable bonds is 4. The van der Waals surface area contributed by atoms with Crippen LogP contribution < -0.4 is 14.9 Å². The maximum Gasteiger partial charge on any atom is 0.417 e. The Morgan fingerprint density at radius 1 is 0.838 bits per heavy atom. The van der Waals surface area contributed by atoms with Crippen LogP contribution in [0.1, 0.15) is 12.0 Å². The van der Waals surface area contributed by atoms with Crippen LogP contribution >= 0.6 is 0 Å². The van der Waals surface area contributed by atoms with E-state index in [-0.39, 0.29) is 5.69 Å². The van der Waals surface area contributed by atoms with Crippen molar-refractivity contribution in [1.82, 2.24) is 0 Å². The topological polar surface area (TPSA) is 95.6 Å². The molecule has 11 heteroatoms. The molecule has 0 atom stereocenters. The van der Waals surface area contributed by atoms with E-state index in [1.54, 1.807) is 6.07 Å². The van der Waals surface area contributed by atoms with E-state index >= 15 is 0 Å². The van der Waals surface area contributed by atoms with Crippen LogP contribution in [0, 0.1) is 0 Å². The molecule has 2 amide bonds. The zero-order valence-electron chi connectivity index (χ0n) is 18.9. The predicted molar refractivity (Wildman–Crippen MR) is 133 cm³/mol. The molecule has 0 aliphatic carbocycles. The molecule has 37 heavy (non-hydrogen) atoms. The van der Waals surface area contributed by atoms with Gasteiger partial charge in [0.05, 0.1) is 21.8 Å². The number of benzene rings is 4. The van der Waals surface area contributed by atoms with Crippen molar-refractivity contribution in [3.8, 4) is 0 Å². The van der Waals surface area contributed by atoms with Gasteiger partial charge in [-0.15, -0.1) is 0 Å². The standard InChI is InChI=1S/C26H18F3N3O4S/c27-26(28,29)20-7-3-4-8-22(20)37(35,36)31-17-10-12-18(13-11-17)32-21-14-9-16-5-1-2-6-19(16)25(21)30-23(33)15-24(32)34/h1-14,31H,15H2,(H,30,33). The second-order valence-corrected chi connectivity index (χ2v) is 9.93. The minimum Gasteiger partial charge on any atom is -0.323 e. The minimum atomic E-state index is -4.86. The van der Waals surface area contributed by atoms with Crippen LogP contribution in [-0.2, 0) is 25.8 Å². The molecule has 1 aliphatic heterocycles. The van der Waals surface area contributed by atoms with Gasteiger partial charge in [-0.05, 0) is 47.9 Å². The van der Waals surface area contributed by atoms with Gasteiger partial charge in [0.15, 0.2) is 0 Å².